The molecule has 6 heteroatoms. The van der Waals surface area contributed by atoms with Gasteiger partial charge in [-0.15, -0.1) is 0 Å². The van der Waals surface area contributed by atoms with Gasteiger partial charge in [-0.2, -0.15) is 5.26 Å². The normalized spacial score (nSPS) is 9.71. The molecule has 2 aromatic rings. The number of nitriles is 1. The number of anilines is 2. The molecule has 0 amide bonds. The number of aromatic nitrogens is 2. The van der Waals surface area contributed by atoms with E-state index in [1.807, 2.05) is 6.07 Å². The zero-order chi connectivity index (χ0) is 12.3. The Balaban J connectivity index is 2.34. The fraction of sp³-hybridized carbons (Fsp3) is 0. The van der Waals surface area contributed by atoms with Gasteiger partial charge < -0.3 is 5.32 Å². The van der Waals surface area contributed by atoms with Crippen LogP contribution < -0.4 is 5.32 Å². The number of benzene rings is 1. The van der Waals surface area contributed by atoms with Crippen molar-refractivity contribution in [3.05, 3.63) is 45.8 Å². The highest BCUT2D eigenvalue weighted by molar-refractivity contribution is 9.10. The first-order valence-corrected chi connectivity index (χ1v) is 5.81. The number of nitrogens with one attached hydrogen (secondary N) is 1. The lowest BCUT2D eigenvalue weighted by atomic mass is 10.2. The van der Waals surface area contributed by atoms with E-state index in [0.29, 0.717) is 17.1 Å². The van der Waals surface area contributed by atoms with Gasteiger partial charge in [0.1, 0.15) is 11.9 Å². The maximum Gasteiger partial charge on any atom is 0.224 e. The van der Waals surface area contributed by atoms with Crippen molar-refractivity contribution in [3.63, 3.8) is 0 Å². The van der Waals surface area contributed by atoms with Crippen LogP contribution in [0.1, 0.15) is 5.56 Å². The van der Waals surface area contributed by atoms with Crippen LogP contribution in [0, 0.1) is 11.3 Å². The fourth-order valence-corrected chi connectivity index (χ4v) is 1.77. The van der Waals surface area contributed by atoms with E-state index in [-0.39, 0.29) is 5.28 Å². The monoisotopic (exact) mass is 308 g/mol. The molecule has 84 valence electrons. The number of rotatable bonds is 2. The summed E-state index contributed by atoms with van der Waals surface area (Å²) in [6, 6.07) is 9.13. The van der Waals surface area contributed by atoms with Crippen molar-refractivity contribution in [1.29, 1.82) is 5.26 Å². The van der Waals surface area contributed by atoms with Crippen LogP contribution in [-0.2, 0) is 0 Å². The van der Waals surface area contributed by atoms with Crippen molar-refractivity contribution in [2.75, 3.05) is 5.32 Å². The Morgan fingerprint density at radius 1 is 1.35 bits per heavy atom. The summed E-state index contributed by atoms with van der Waals surface area (Å²) in [7, 11) is 0. The maximum atomic E-state index is 9.01. The molecule has 1 aromatic heterocycles. The zero-order valence-electron chi connectivity index (χ0n) is 8.48. The summed E-state index contributed by atoms with van der Waals surface area (Å²) >= 11 is 8.98. The smallest absolute Gasteiger partial charge is 0.224 e. The van der Waals surface area contributed by atoms with Crippen LogP contribution in [0.5, 0.6) is 0 Å². The second-order valence-corrected chi connectivity index (χ2v) is 4.39. The summed E-state index contributed by atoms with van der Waals surface area (Å²) in [6.45, 7) is 0. The highest BCUT2D eigenvalue weighted by Gasteiger charge is 2.04. The summed E-state index contributed by atoms with van der Waals surface area (Å²) in [5.74, 6) is 0.545. The molecule has 2 rings (SSSR count). The van der Waals surface area contributed by atoms with E-state index in [0.717, 1.165) is 4.47 Å². The number of hydrogen-bond donors (Lipinski definition) is 1. The Labute approximate surface area is 111 Å². The molecule has 0 bridgehead atoms. The first-order valence-electron chi connectivity index (χ1n) is 4.64. The molecule has 1 aromatic carbocycles. The van der Waals surface area contributed by atoms with Crippen molar-refractivity contribution in [3.8, 4) is 6.07 Å². The lowest BCUT2D eigenvalue weighted by Gasteiger charge is -2.07. The minimum atomic E-state index is 0.158. The number of halogens is 2. The molecule has 4 nitrogen and oxygen atoms in total. The quantitative estimate of drug-likeness (QED) is 0.862. The molecule has 0 unspecified atom stereocenters. The van der Waals surface area contributed by atoms with Crippen LogP contribution >= 0.6 is 27.5 Å². The molecule has 0 fully saturated rings. The highest BCUT2D eigenvalue weighted by Crippen LogP contribution is 2.23. The molecule has 0 saturated carbocycles. The third-order valence-electron chi connectivity index (χ3n) is 1.99. The Bertz CT molecular complexity index is 594. The number of nitrogens with zero attached hydrogens (tertiary/aromatic N) is 3. The van der Waals surface area contributed by atoms with Crippen LogP contribution in [0.2, 0.25) is 5.28 Å². The summed E-state index contributed by atoms with van der Waals surface area (Å²) in [5, 5.41) is 12.2. The lowest BCUT2D eigenvalue weighted by molar-refractivity contribution is 1.17. The third-order valence-corrected chi connectivity index (χ3v) is 2.67. The molecule has 0 aliphatic rings. The lowest BCUT2D eigenvalue weighted by Crippen LogP contribution is -1.96. The number of hydrogen-bond acceptors (Lipinski definition) is 4. The highest BCUT2D eigenvalue weighted by atomic mass is 79.9. The largest absolute Gasteiger partial charge is 0.339 e. The first-order chi connectivity index (χ1) is 8.19. The minimum absolute atomic E-state index is 0.158. The van der Waals surface area contributed by atoms with Gasteiger partial charge in [-0.3, -0.25) is 0 Å². The molecule has 0 saturated heterocycles. The molecule has 1 N–H and O–H groups in total. The van der Waals surface area contributed by atoms with Crippen molar-refractivity contribution in [2.45, 2.75) is 0 Å². The maximum absolute atomic E-state index is 9.01. The van der Waals surface area contributed by atoms with Gasteiger partial charge in [0.25, 0.3) is 0 Å². The topological polar surface area (TPSA) is 61.6 Å². The van der Waals surface area contributed by atoms with Gasteiger partial charge >= 0.3 is 0 Å². The average molecular weight is 310 g/mol. The van der Waals surface area contributed by atoms with E-state index in [4.69, 9.17) is 16.9 Å². The molecule has 0 aliphatic heterocycles. The molecular weight excluding hydrogens is 304 g/mol. The third kappa shape index (κ3) is 2.93. The van der Waals surface area contributed by atoms with Crippen LogP contribution in [0.25, 0.3) is 0 Å². The average Bonchev–Trinajstić information content (AvgIpc) is 2.31. The van der Waals surface area contributed by atoms with Gasteiger partial charge in [0.2, 0.25) is 5.28 Å². The van der Waals surface area contributed by atoms with E-state index < -0.39 is 0 Å². The second kappa shape index (κ2) is 5.13. The molecule has 0 radical (unpaired) electrons. The van der Waals surface area contributed by atoms with Crippen LogP contribution in [0.4, 0.5) is 11.5 Å². The van der Waals surface area contributed by atoms with E-state index in [1.54, 1.807) is 24.4 Å². The molecule has 0 aliphatic carbocycles. The van der Waals surface area contributed by atoms with Crippen molar-refractivity contribution < 1.29 is 0 Å². The standard InChI is InChI=1S/C11H6BrClN4/c12-8-1-2-9(7(5-8)6-14)16-10-3-4-15-11(13)17-10/h1-5H,(H,15,16,17). The zero-order valence-corrected chi connectivity index (χ0v) is 10.8. The van der Waals surface area contributed by atoms with Gasteiger partial charge in [0.05, 0.1) is 11.3 Å². The van der Waals surface area contributed by atoms with Gasteiger partial charge in [-0.25, -0.2) is 9.97 Å². The van der Waals surface area contributed by atoms with Crippen molar-refractivity contribution in [1.82, 2.24) is 9.97 Å². The molecule has 0 atom stereocenters. The summed E-state index contributed by atoms with van der Waals surface area (Å²) in [6.07, 6.45) is 1.54. The summed E-state index contributed by atoms with van der Waals surface area (Å²) in [4.78, 5) is 7.77. The van der Waals surface area contributed by atoms with E-state index in [9.17, 15) is 0 Å². The molecule has 0 spiro atoms. The Hall–Kier alpha value is -1.64. The Morgan fingerprint density at radius 2 is 2.18 bits per heavy atom. The molecular formula is C11H6BrClN4. The SMILES string of the molecule is N#Cc1cc(Br)ccc1Nc1ccnc(Cl)n1. The van der Waals surface area contributed by atoms with Crippen molar-refractivity contribution in [2.24, 2.45) is 0 Å². The predicted octanol–water partition coefficient (Wildman–Crippen LogP) is 3.51. The second-order valence-electron chi connectivity index (χ2n) is 3.14. The predicted molar refractivity (Wildman–Crippen MR) is 69.2 cm³/mol. The minimum Gasteiger partial charge on any atom is -0.339 e. The Morgan fingerprint density at radius 3 is 2.88 bits per heavy atom. The van der Waals surface area contributed by atoms with Crippen molar-refractivity contribution >= 4 is 39.0 Å². The van der Waals surface area contributed by atoms with E-state index >= 15 is 0 Å². The first kappa shape index (κ1) is 11.8. The van der Waals surface area contributed by atoms with Gasteiger partial charge in [0, 0.05) is 10.7 Å². The van der Waals surface area contributed by atoms with Crippen LogP contribution in [0.3, 0.4) is 0 Å². The molecule has 1 heterocycles. The summed E-state index contributed by atoms with van der Waals surface area (Å²) in [5.41, 5.74) is 1.19. The Kier molecular flexibility index (Phi) is 3.57. The van der Waals surface area contributed by atoms with E-state index in [1.165, 1.54) is 0 Å². The molecule has 17 heavy (non-hydrogen) atoms. The van der Waals surface area contributed by atoms with Gasteiger partial charge in [-0.1, -0.05) is 15.9 Å². The summed E-state index contributed by atoms with van der Waals surface area (Å²) < 4.78 is 0.848. The van der Waals surface area contributed by atoms with Gasteiger partial charge in [-0.05, 0) is 35.9 Å². The van der Waals surface area contributed by atoms with Crippen LogP contribution in [0.15, 0.2) is 34.9 Å². The van der Waals surface area contributed by atoms with E-state index in [2.05, 4.69) is 37.3 Å². The van der Waals surface area contributed by atoms with Gasteiger partial charge in [0.15, 0.2) is 0 Å². The van der Waals surface area contributed by atoms with Crippen LogP contribution in [-0.4, -0.2) is 9.97 Å². The fourth-order valence-electron chi connectivity index (χ4n) is 1.26.